The molecule has 6 nitrogen and oxygen atoms in total. The van der Waals surface area contributed by atoms with Crippen LogP contribution in [0.25, 0.3) is 5.65 Å². The van der Waals surface area contributed by atoms with Crippen LogP contribution in [0.1, 0.15) is 42.5 Å². The van der Waals surface area contributed by atoms with E-state index in [1.54, 1.807) is 6.20 Å². The van der Waals surface area contributed by atoms with E-state index in [1.165, 1.54) is 36.0 Å². The van der Waals surface area contributed by atoms with E-state index in [1.807, 2.05) is 4.90 Å². The summed E-state index contributed by atoms with van der Waals surface area (Å²) in [5, 5.41) is 2.81. The SMILES string of the molecule is O=C(c1c[nH]n2c(=O)ccnc12)N1CCC2(CCC2)CC1. The first-order valence-electron chi connectivity index (χ1n) is 7.53. The van der Waals surface area contributed by atoms with Gasteiger partial charge in [0.25, 0.3) is 11.5 Å². The highest BCUT2D eigenvalue weighted by atomic mass is 16.2. The summed E-state index contributed by atoms with van der Waals surface area (Å²) < 4.78 is 1.31. The van der Waals surface area contributed by atoms with Crippen LogP contribution in [0.5, 0.6) is 0 Å². The molecule has 1 aliphatic heterocycles. The number of aromatic nitrogens is 3. The van der Waals surface area contributed by atoms with Crippen LogP contribution in [-0.2, 0) is 0 Å². The van der Waals surface area contributed by atoms with E-state index in [4.69, 9.17) is 0 Å². The average molecular weight is 286 g/mol. The lowest BCUT2D eigenvalue weighted by atomic mass is 9.63. The summed E-state index contributed by atoms with van der Waals surface area (Å²) in [6.45, 7) is 1.63. The minimum absolute atomic E-state index is 0.0268. The van der Waals surface area contributed by atoms with Gasteiger partial charge in [-0.1, -0.05) is 6.42 Å². The third-order valence-corrected chi connectivity index (χ3v) is 5.18. The van der Waals surface area contributed by atoms with E-state index in [-0.39, 0.29) is 11.5 Å². The van der Waals surface area contributed by atoms with Crippen LogP contribution in [0, 0.1) is 5.41 Å². The van der Waals surface area contributed by atoms with Crippen molar-refractivity contribution in [1.29, 1.82) is 0 Å². The maximum atomic E-state index is 12.7. The van der Waals surface area contributed by atoms with Crippen molar-refractivity contribution in [2.75, 3.05) is 13.1 Å². The summed E-state index contributed by atoms with van der Waals surface area (Å²) in [6.07, 6.45) is 9.21. The van der Waals surface area contributed by atoms with Gasteiger partial charge in [-0.05, 0) is 31.1 Å². The maximum Gasteiger partial charge on any atom is 0.272 e. The van der Waals surface area contributed by atoms with Crippen molar-refractivity contribution < 1.29 is 4.79 Å². The Morgan fingerprint density at radius 2 is 2.00 bits per heavy atom. The molecule has 2 fully saturated rings. The number of likely N-dealkylation sites (tertiary alicyclic amines) is 1. The summed E-state index contributed by atoms with van der Waals surface area (Å²) >= 11 is 0. The van der Waals surface area contributed by atoms with Gasteiger partial charge in [-0.25, -0.2) is 9.50 Å². The van der Waals surface area contributed by atoms with Gasteiger partial charge < -0.3 is 4.90 Å². The van der Waals surface area contributed by atoms with Crippen LogP contribution in [0.2, 0.25) is 0 Å². The fourth-order valence-corrected chi connectivity index (χ4v) is 3.61. The second-order valence-electron chi connectivity index (χ2n) is 6.27. The zero-order valence-electron chi connectivity index (χ0n) is 11.8. The molecule has 0 radical (unpaired) electrons. The van der Waals surface area contributed by atoms with E-state index >= 15 is 0 Å². The highest BCUT2D eigenvalue weighted by Gasteiger charge is 2.40. The quantitative estimate of drug-likeness (QED) is 0.862. The molecule has 110 valence electrons. The van der Waals surface area contributed by atoms with Gasteiger partial charge in [-0.2, -0.15) is 0 Å². The summed E-state index contributed by atoms with van der Waals surface area (Å²) in [6, 6.07) is 1.37. The molecule has 1 N–H and O–H groups in total. The number of fused-ring (bicyclic) bond motifs is 1. The number of carbonyl (C=O) groups excluding carboxylic acids is 1. The second-order valence-corrected chi connectivity index (χ2v) is 6.27. The predicted molar refractivity (Wildman–Crippen MR) is 77.2 cm³/mol. The van der Waals surface area contributed by atoms with E-state index in [9.17, 15) is 9.59 Å². The number of amides is 1. The van der Waals surface area contributed by atoms with Crippen molar-refractivity contribution in [3.63, 3.8) is 0 Å². The van der Waals surface area contributed by atoms with Crippen LogP contribution in [0.15, 0.2) is 23.3 Å². The van der Waals surface area contributed by atoms with Gasteiger partial charge in [-0.3, -0.25) is 14.7 Å². The maximum absolute atomic E-state index is 12.7. The Labute approximate surface area is 121 Å². The van der Waals surface area contributed by atoms with Crippen LogP contribution in [-0.4, -0.2) is 38.5 Å². The number of nitrogens with one attached hydrogen (secondary N) is 1. The molecular weight excluding hydrogens is 268 g/mol. The fourth-order valence-electron chi connectivity index (χ4n) is 3.61. The van der Waals surface area contributed by atoms with Gasteiger partial charge in [0, 0.05) is 31.5 Å². The molecule has 0 unspecified atom stereocenters. The summed E-state index contributed by atoms with van der Waals surface area (Å²) in [7, 11) is 0. The Balaban J connectivity index is 1.59. The van der Waals surface area contributed by atoms with Gasteiger partial charge in [0.05, 0.1) is 0 Å². The average Bonchev–Trinajstić information content (AvgIpc) is 2.90. The third kappa shape index (κ3) is 1.89. The van der Waals surface area contributed by atoms with Gasteiger partial charge in [0.1, 0.15) is 5.56 Å². The molecule has 1 saturated carbocycles. The van der Waals surface area contributed by atoms with Crippen LogP contribution < -0.4 is 5.56 Å². The van der Waals surface area contributed by atoms with E-state index in [0.717, 1.165) is 25.9 Å². The molecule has 0 aromatic carbocycles. The van der Waals surface area contributed by atoms with Crippen molar-refractivity contribution in [1.82, 2.24) is 19.5 Å². The largest absolute Gasteiger partial charge is 0.338 e. The standard InChI is InChI=1S/C15H18N4O2/c20-12-2-7-16-13-11(10-17-19(12)13)14(21)18-8-5-15(6-9-18)3-1-4-15/h2,7,10,17H,1,3-6,8-9H2. The number of hydrogen-bond acceptors (Lipinski definition) is 3. The molecule has 1 spiro atoms. The Morgan fingerprint density at radius 1 is 1.24 bits per heavy atom. The summed E-state index contributed by atoms with van der Waals surface area (Å²) in [5.41, 5.74) is 1.21. The molecule has 4 rings (SSSR count). The van der Waals surface area contributed by atoms with Gasteiger partial charge in [-0.15, -0.1) is 0 Å². The number of nitrogens with zero attached hydrogens (tertiary/aromatic N) is 3. The summed E-state index contributed by atoms with van der Waals surface area (Å²) in [4.78, 5) is 30.4. The molecule has 0 atom stereocenters. The van der Waals surface area contributed by atoms with Gasteiger partial charge in [0.2, 0.25) is 0 Å². The number of carbonyl (C=O) groups is 1. The summed E-state index contributed by atoms with van der Waals surface area (Å²) in [5.74, 6) is -0.0268. The monoisotopic (exact) mass is 286 g/mol. The molecule has 1 amide bonds. The van der Waals surface area contributed by atoms with Gasteiger partial charge >= 0.3 is 0 Å². The number of aromatic amines is 1. The van der Waals surface area contributed by atoms with E-state index < -0.39 is 0 Å². The van der Waals surface area contributed by atoms with E-state index in [0.29, 0.717) is 16.6 Å². The first kappa shape index (κ1) is 12.6. The molecule has 6 heteroatoms. The minimum Gasteiger partial charge on any atom is -0.338 e. The number of piperidine rings is 1. The number of rotatable bonds is 1. The van der Waals surface area contributed by atoms with Crippen LogP contribution in [0.3, 0.4) is 0 Å². The van der Waals surface area contributed by atoms with Crippen molar-refractivity contribution in [3.8, 4) is 0 Å². The highest BCUT2D eigenvalue weighted by molar-refractivity contribution is 5.99. The molecular formula is C15H18N4O2. The number of H-pyrrole nitrogens is 1. The third-order valence-electron chi connectivity index (χ3n) is 5.18. The smallest absolute Gasteiger partial charge is 0.272 e. The molecule has 3 heterocycles. The lowest BCUT2D eigenvalue weighted by Crippen LogP contribution is -2.45. The minimum atomic E-state index is -0.203. The Morgan fingerprint density at radius 3 is 2.67 bits per heavy atom. The van der Waals surface area contributed by atoms with E-state index in [2.05, 4.69) is 10.1 Å². The van der Waals surface area contributed by atoms with Crippen molar-refractivity contribution >= 4 is 11.6 Å². The molecule has 1 aliphatic carbocycles. The molecule has 2 aromatic rings. The van der Waals surface area contributed by atoms with Crippen molar-refractivity contribution in [2.45, 2.75) is 32.1 Å². The van der Waals surface area contributed by atoms with Crippen LogP contribution in [0.4, 0.5) is 0 Å². The highest BCUT2D eigenvalue weighted by Crippen LogP contribution is 2.48. The first-order valence-corrected chi connectivity index (χ1v) is 7.53. The molecule has 21 heavy (non-hydrogen) atoms. The molecule has 1 saturated heterocycles. The lowest BCUT2D eigenvalue weighted by molar-refractivity contribution is 0.0287. The fraction of sp³-hybridized carbons (Fsp3) is 0.533. The zero-order chi connectivity index (χ0) is 14.4. The Bertz CT molecular complexity index is 746. The van der Waals surface area contributed by atoms with Crippen molar-refractivity contribution in [2.24, 2.45) is 5.41 Å². The number of hydrogen-bond donors (Lipinski definition) is 1. The molecule has 2 aromatic heterocycles. The molecule has 2 aliphatic rings. The Kier molecular flexibility index (Phi) is 2.67. The van der Waals surface area contributed by atoms with Crippen molar-refractivity contribution in [3.05, 3.63) is 34.4 Å². The molecule has 0 bridgehead atoms. The topological polar surface area (TPSA) is 70.5 Å². The predicted octanol–water partition coefficient (Wildman–Crippen LogP) is 1.43. The van der Waals surface area contributed by atoms with Crippen LogP contribution >= 0.6 is 0 Å². The van der Waals surface area contributed by atoms with Gasteiger partial charge in [0.15, 0.2) is 5.65 Å². The second kappa shape index (κ2) is 4.44. The normalized spacial score (nSPS) is 20.7. The Hall–Kier alpha value is -2.11. The first-order chi connectivity index (χ1) is 10.2. The lowest BCUT2D eigenvalue weighted by Gasteiger charge is -2.47. The zero-order valence-corrected chi connectivity index (χ0v) is 11.8.